The minimum atomic E-state index is -1.35. The molecule has 2 aromatic rings. The summed E-state index contributed by atoms with van der Waals surface area (Å²) >= 11 is 5.39. The van der Waals surface area contributed by atoms with Gasteiger partial charge in [0.1, 0.15) is 6.10 Å². The van der Waals surface area contributed by atoms with Crippen molar-refractivity contribution in [3.63, 3.8) is 0 Å². The number of methoxy groups -OCH3 is 2. The summed E-state index contributed by atoms with van der Waals surface area (Å²) in [6.45, 7) is 0.956. The second-order valence-corrected chi connectivity index (χ2v) is 7.45. The second kappa shape index (κ2) is 11.4. The molecule has 3 N–H and O–H groups in total. The van der Waals surface area contributed by atoms with E-state index in [1.807, 2.05) is 60.7 Å². The van der Waals surface area contributed by atoms with Crippen LogP contribution in [0.5, 0.6) is 0 Å². The summed E-state index contributed by atoms with van der Waals surface area (Å²) in [6, 6.07) is 19.4. The van der Waals surface area contributed by atoms with E-state index in [9.17, 15) is 5.11 Å². The Balaban J connectivity index is 1.66. The summed E-state index contributed by atoms with van der Waals surface area (Å²) in [5.41, 5.74) is 2.01. The van der Waals surface area contributed by atoms with Crippen molar-refractivity contribution in [1.29, 1.82) is 0 Å². The van der Waals surface area contributed by atoms with Gasteiger partial charge in [0.2, 0.25) is 0 Å². The van der Waals surface area contributed by atoms with Gasteiger partial charge in [0.15, 0.2) is 5.11 Å². The molecule has 1 heterocycles. The van der Waals surface area contributed by atoms with E-state index in [0.717, 1.165) is 11.3 Å². The monoisotopic (exact) mass is 430 g/mol. The summed E-state index contributed by atoms with van der Waals surface area (Å²) in [5, 5.41) is 22.7. The molecular weight excluding hydrogens is 402 g/mol. The molecule has 0 bridgehead atoms. The minimum absolute atomic E-state index is 0.266. The lowest BCUT2D eigenvalue weighted by molar-refractivity contribution is -0.529. The first-order valence-corrected chi connectivity index (χ1v) is 10.3. The van der Waals surface area contributed by atoms with Gasteiger partial charge in [-0.15, -0.1) is 0 Å². The number of para-hydroxylation sites is 1. The van der Waals surface area contributed by atoms with Gasteiger partial charge in [-0.3, -0.25) is 0 Å². The Morgan fingerprint density at radius 3 is 2.27 bits per heavy atom. The summed E-state index contributed by atoms with van der Waals surface area (Å²) in [7, 11) is 3.08. The Hall–Kier alpha value is -2.07. The Morgan fingerprint density at radius 1 is 1.00 bits per heavy atom. The number of thiocarbonyl (C=S) groups is 1. The van der Waals surface area contributed by atoms with Gasteiger partial charge >= 0.3 is 0 Å². The van der Waals surface area contributed by atoms with Crippen LogP contribution in [0.15, 0.2) is 60.7 Å². The Morgan fingerprint density at radius 2 is 1.63 bits per heavy atom. The van der Waals surface area contributed by atoms with E-state index in [0.29, 0.717) is 18.2 Å². The van der Waals surface area contributed by atoms with Crippen molar-refractivity contribution in [3.05, 3.63) is 66.2 Å². The molecule has 0 radical (unpaired) electrons. The van der Waals surface area contributed by atoms with Crippen LogP contribution in [0, 0.1) is 0 Å². The van der Waals surface area contributed by atoms with Gasteiger partial charge in [0.25, 0.3) is 0 Å². The SMILES string of the molecule is CO[C@@H]1[C@@H](OC)[C@@H](NCc2ccccc2)[C@@H](CNC(=S)Nc2ccccc2)O[C@@H]1[O-]. The molecule has 7 nitrogen and oxygen atoms in total. The molecule has 1 aliphatic rings. The summed E-state index contributed by atoms with van der Waals surface area (Å²) in [6.07, 6.45) is -2.98. The van der Waals surface area contributed by atoms with Gasteiger partial charge in [0.05, 0.1) is 18.2 Å². The second-order valence-electron chi connectivity index (χ2n) is 7.04. The first kappa shape index (κ1) is 22.6. The van der Waals surface area contributed by atoms with Crippen molar-refractivity contribution in [2.24, 2.45) is 0 Å². The van der Waals surface area contributed by atoms with Crippen LogP contribution in [0.2, 0.25) is 0 Å². The highest BCUT2D eigenvalue weighted by Crippen LogP contribution is 2.23. The number of rotatable bonds is 8. The number of nitrogens with one attached hydrogen (secondary N) is 3. The summed E-state index contributed by atoms with van der Waals surface area (Å²) in [5.74, 6) is 0. The average Bonchev–Trinajstić information content (AvgIpc) is 2.77. The smallest absolute Gasteiger partial charge is 0.170 e. The van der Waals surface area contributed by atoms with Crippen molar-refractivity contribution in [3.8, 4) is 0 Å². The predicted octanol–water partition coefficient (Wildman–Crippen LogP) is 1.25. The molecule has 0 aromatic heterocycles. The predicted molar refractivity (Wildman–Crippen MR) is 118 cm³/mol. The molecule has 30 heavy (non-hydrogen) atoms. The molecule has 5 atom stereocenters. The topological polar surface area (TPSA) is 86.8 Å². The number of hydrogen-bond acceptors (Lipinski definition) is 6. The number of anilines is 1. The number of benzene rings is 2. The molecule has 3 rings (SSSR count). The first-order chi connectivity index (χ1) is 14.6. The molecule has 162 valence electrons. The third-order valence-corrected chi connectivity index (χ3v) is 5.33. The average molecular weight is 431 g/mol. The Labute approximate surface area is 182 Å². The third kappa shape index (κ3) is 5.98. The molecule has 1 saturated heterocycles. The van der Waals surface area contributed by atoms with E-state index in [4.69, 9.17) is 26.4 Å². The highest BCUT2D eigenvalue weighted by atomic mass is 32.1. The molecular formula is C22H28N3O4S-. The number of hydrogen-bond donors (Lipinski definition) is 3. The summed E-state index contributed by atoms with van der Waals surface area (Å²) in [4.78, 5) is 0. The van der Waals surface area contributed by atoms with E-state index >= 15 is 0 Å². The van der Waals surface area contributed by atoms with Gasteiger partial charge < -0.3 is 35.3 Å². The fourth-order valence-electron chi connectivity index (χ4n) is 3.58. The van der Waals surface area contributed by atoms with Crippen LogP contribution in [-0.4, -0.2) is 56.5 Å². The van der Waals surface area contributed by atoms with Crippen molar-refractivity contribution in [2.45, 2.75) is 37.2 Å². The van der Waals surface area contributed by atoms with E-state index in [1.54, 1.807) is 7.11 Å². The molecule has 0 amide bonds. The molecule has 0 unspecified atom stereocenters. The standard InChI is InChI=1S/C22H28N3O4S/c1-27-19-18(23-13-15-9-5-3-6-10-15)17(29-21(26)20(19)28-2)14-24-22(30)25-16-11-7-4-8-12-16/h3-12,17-21,23H,13-14H2,1-2H3,(H2,24,25,30)/q-1/t17-,18+,19+,20-,21+/m1/s1. The molecule has 2 aromatic carbocycles. The fraction of sp³-hybridized carbons (Fsp3) is 0.409. The quantitative estimate of drug-likeness (QED) is 0.540. The van der Waals surface area contributed by atoms with Crippen molar-refractivity contribution in [1.82, 2.24) is 10.6 Å². The first-order valence-electron chi connectivity index (χ1n) is 9.86. The molecule has 1 fully saturated rings. The van der Waals surface area contributed by atoms with Crippen molar-refractivity contribution >= 4 is 23.0 Å². The van der Waals surface area contributed by atoms with Gasteiger partial charge in [-0.25, -0.2) is 0 Å². The van der Waals surface area contributed by atoms with Crippen LogP contribution >= 0.6 is 12.2 Å². The van der Waals surface area contributed by atoms with E-state index in [1.165, 1.54) is 7.11 Å². The molecule has 0 aliphatic carbocycles. The maximum atomic E-state index is 12.5. The maximum Gasteiger partial charge on any atom is 0.170 e. The van der Waals surface area contributed by atoms with Gasteiger partial charge in [-0.05, 0) is 29.9 Å². The maximum absolute atomic E-state index is 12.5. The third-order valence-electron chi connectivity index (χ3n) is 5.08. The molecule has 8 heteroatoms. The zero-order valence-electron chi connectivity index (χ0n) is 17.1. The highest BCUT2D eigenvalue weighted by molar-refractivity contribution is 7.80. The normalized spacial score (nSPS) is 26.2. The van der Waals surface area contributed by atoms with Gasteiger partial charge in [0, 0.05) is 39.3 Å². The molecule has 1 aliphatic heterocycles. The minimum Gasteiger partial charge on any atom is -0.829 e. The largest absolute Gasteiger partial charge is 0.829 e. The summed E-state index contributed by atoms with van der Waals surface area (Å²) < 4.78 is 16.8. The van der Waals surface area contributed by atoms with Crippen LogP contribution in [0.25, 0.3) is 0 Å². The lowest BCUT2D eigenvalue weighted by Gasteiger charge is -2.49. The lowest BCUT2D eigenvalue weighted by Crippen LogP contribution is -2.68. The molecule has 0 saturated carbocycles. The van der Waals surface area contributed by atoms with Crippen molar-refractivity contribution in [2.75, 3.05) is 26.1 Å². The highest BCUT2D eigenvalue weighted by Gasteiger charge is 2.42. The van der Waals surface area contributed by atoms with Gasteiger partial charge in [-0.1, -0.05) is 48.5 Å². The van der Waals surface area contributed by atoms with Gasteiger partial charge in [-0.2, -0.15) is 0 Å². The zero-order valence-corrected chi connectivity index (χ0v) is 17.9. The Kier molecular flexibility index (Phi) is 8.56. The zero-order chi connectivity index (χ0) is 21.3. The lowest BCUT2D eigenvalue weighted by atomic mass is 9.95. The van der Waals surface area contributed by atoms with Crippen LogP contribution in [-0.2, 0) is 20.8 Å². The van der Waals surface area contributed by atoms with Crippen LogP contribution in [0.1, 0.15) is 5.56 Å². The number of ether oxygens (including phenoxy) is 3. The van der Waals surface area contributed by atoms with Crippen LogP contribution in [0.3, 0.4) is 0 Å². The fourth-order valence-corrected chi connectivity index (χ4v) is 3.78. The van der Waals surface area contributed by atoms with Crippen LogP contribution in [0.4, 0.5) is 5.69 Å². The Bertz CT molecular complexity index is 780. The molecule has 0 spiro atoms. The van der Waals surface area contributed by atoms with Crippen LogP contribution < -0.4 is 21.1 Å². The van der Waals surface area contributed by atoms with E-state index in [2.05, 4.69) is 16.0 Å². The van der Waals surface area contributed by atoms with E-state index < -0.39 is 24.6 Å². The van der Waals surface area contributed by atoms with Crippen molar-refractivity contribution < 1.29 is 19.3 Å². The van der Waals surface area contributed by atoms with E-state index in [-0.39, 0.29) is 6.04 Å².